The maximum Gasteiger partial charge on any atom is 0.308 e. The van der Waals surface area contributed by atoms with Gasteiger partial charge in [-0.3, -0.25) is 9.59 Å². The first kappa shape index (κ1) is 17.3. The summed E-state index contributed by atoms with van der Waals surface area (Å²) in [4.78, 5) is 24.4. The van der Waals surface area contributed by atoms with E-state index in [1.54, 1.807) is 29.2 Å². The van der Waals surface area contributed by atoms with Gasteiger partial charge in [0.1, 0.15) is 11.5 Å². The van der Waals surface area contributed by atoms with Crippen molar-refractivity contribution >= 4 is 23.5 Å². The summed E-state index contributed by atoms with van der Waals surface area (Å²) in [5, 5.41) is 9.66. The molecule has 1 aliphatic heterocycles. The van der Waals surface area contributed by atoms with Gasteiger partial charge in [0.15, 0.2) is 0 Å². The molecule has 0 aliphatic carbocycles. The lowest BCUT2D eigenvalue weighted by atomic mass is 10.1. The summed E-state index contributed by atoms with van der Waals surface area (Å²) in [5.41, 5.74) is 1.06. The van der Waals surface area contributed by atoms with Gasteiger partial charge in [0.25, 0.3) is 0 Å². The molecule has 1 aliphatic rings. The Kier molecular flexibility index (Phi) is 5.24. The molecular weight excluding hydrogens is 342 g/mol. The Bertz CT molecular complexity index is 758. The zero-order valence-electron chi connectivity index (χ0n) is 13.5. The Morgan fingerprint density at radius 1 is 1.12 bits per heavy atom. The van der Waals surface area contributed by atoms with E-state index in [4.69, 9.17) is 21.4 Å². The van der Waals surface area contributed by atoms with E-state index in [0.717, 1.165) is 5.56 Å². The maximum absolute atomic E-state index is 11.8. The number of ether oxygens (including phenoxy) is 1. The third-order valence-electron chi connectivity index (χ3n) is 4.21. The largest absolute Gasteiger partial charge is 0.481 e. The number of hydrogen-bond donors (Lipinski definition) is 1. The molecule has 25 heavy (non-hydrogen) atoms. The van der Waals surface area contributed by atoms with Gasteiger partial charge in [0.05, 0.1) is 5.92 Å². The second-order valence-electron chi connectivity index (χ2n) is 6.03. The van der Waals surface area contributed by atoms with Crippen LogP contribution in [-0.4, -0.2) is 35.0 Å². The van der Waals surface area contributed by atoms with Crippen LogP contribution in [0.3, 0.4) is 0 Å². The average molecular weight is 360 g/mol. The Morgan fingerprint density at radius 3 is 2.28 bits per heavy atom. The number of benzene rings is 2. The number of amides is 1. The van der Waals surface area contributed by atoms with E-state index in [9.17, 15) is 9.59 Å². The monoisotopic (exact) mass is 359 g/mol. The third kappa shape index (κ3) is 4.51. The lowest BCUT2D eigenvalue weighted by Gasteiger charge is -2.16. The molecule has 2 aromatic carbocycles. The van der Waals surface area contributed by atoms with Gasteiger partial charge in [0.2, 0.25) is 5.91 Å². The van der Waals surface area contributed by atoms with E-state index in [1.807, 2.05) is 24.3 Å². The summed E-state index contributed by atoms with van der Waals surface area (Å²) in [7, 11) is 0. The van der Waals surface area contributed by atoms with Gasteiger partial charge < -0.3 is 14.7 Å². The summed E-state index contributed by atoms with van der Waals surface area (Å²) in [6, 6.07) is 14.8. The number of rotatable bonds is 6. The van der Waals surface area contributed by atoms with Gasteiger partial charge in [-0.1, -0.05) is 23.7 Å². The molecule has 1 amide bonds. The Labute approximate surface area is 150 Å². The maximum atomic E-state index is 11.8. The highest BCUT2D eigenvalue weighted by atomic mass is 35.5. The molecule has 1 saturated heterocycles. The minimum absolute atomic E-state index is 0.0879. The van der Waals surface area contributed by atoms with E-state index >= 15 is 0 Å². The lowest BCUT2D eigenvalue weighted by molar-refractivity contribution is -0.141. The molecular formula is C19H18ClNO4. The fourth-order valence-electron chi connectivity index (χ4n) is 2.78. The normalized spacial score (nSPS) is 16.9. The fourth-order valence-corrected chi connectivity index (χ4v) is 2.91. The van der Waals surface area contributed by atoms with Crippen molar-refractivity contribution in [2.75, 3.05) is 13.1 Å². The number of aliphatic carboxylic acids is 1. The summed E-state index contributed by atoms with van der Waals surface area (Å²) >= 11 is 5.84. The van der Waals surface area contributed by atoms with Crippen molar-refractivity contribution in [3.05, 3.63) is 59.1 Å². The molecule has 130 valence electrons. The molecule has 1 atom stereocenters. The van der Waals surface area contributed by atoms with Crippen LogP contribution in [-0.2, 0) is 16.0 Å². The van der Waals surface area contributed by atoms with Crippen molar-refractivity contribution < 1.29 is 19.4 Å². The minimum atomic E-state index is -0.903. The van der Waals surface area contributed by atoms with Crippen LogP contribution in [0, 0.1) is 5.92 Å². The summed E-state index contributed by atoms with van der Waals surface area (Å²) in [5.74, 6) is -0.147. The van der Waals surface area contributed by atoms with Crippen LogP contribution in [0.1, 0.15) is 12.0 Å². The van der Waals surface area contributed by atoms with Crippen LogP contribution in [0.25, 0.3) is 0 Å². The molecule has 5 nitrogen and oxygen atoms in total. The van der Waals surface area contributed by atoms with Gasteiger partial charge in [-0.2, -0.15) is 0 Å². The Hall–Kier alpha value is -2.53. The summed E-state index contributed by atoms with van der Waals surface area (Å²) in [6.07, 6.45) is 0.780. The molecule has 0 saturated carbocycles. The van der Waals surface area contributed by atoms with Gasteiger partial charge in [0, 0.05) is 24.5 Å². The molecule has 1 unspecified atom stereocenters. The Balaban J connectivity index is 1.53. The lowest BCUT2D eigenvalue weighted by Crippen LogP contribution is -2.28. The topological polar surface area (TPSA) is 66.8 Å². The van der Waals surface area contributed by atoms with Gasteiger partial charge in [-0.15, -0.1) is 0 Å². The van der Waals surface area contributed by atoms with E-state index in [2.05, 4.69) is 0 Å². The zero-order valence-corrected chi connectivity index (χ0v) is 14.3. The SMILES string of the molecule is O=C(O)C1CC(=O)N(CCc2ccc(Oc3ccc(Cl)cc3)cc2)C1. The van der Waals surface area contributed by atoms with Gasteiger partial charge in [-0.25, -0.2) is 0 Å². The van der Waals surface area contributed by atoms with Gasteiger partial charge in [-0.05, 0) is 48.4 Å². The first-order valence-electron chi connectivity index (χ1n) is 8.04. The molecule has 0 bridgehead atoms. The quantitative estimate of drug-likeness (QED) is 0.855. The average Bonchev–Trinajstić information content (AvgIpc) is 2.98. The van der Waals surface area contributed by atoms with Crippen molar-refractivity contribution in [3.8, 4) is 11.5 Å². The minimum Gasteiger partial charge on any atom is -0.481 e. The van der Waals surface area contributed by atoms with Crippen molar-refractivity contribution in [3.63, 3.8) is 0 Å². The van der Waals surface area contributed by atoms with E-state index < -0.39 is 11.9 Å². The molecule has 1 heterocycles. The number of nitrogens with zero attached hydrogens (tertiary/aromatic N) is 1. The van der Waals surface area contributed by atoms with Crippen LogP contribution >= 0.6 is 11.6 Å². The van der Waals surface area contributed by atoms with E-state index in [0.29, 0.717) is 36.0 Å². The van der Waals surface area contributed by atoms with Crippen LogP contribution in [0.4, 0.5) is 0 Å². The van der Waals surface area contributed by atoms with Crippen molar-refractivity contribution in [1.82, 2.24) is 4.90 Å². The molecule has 2 aromatic rings. The number of carboxylic acids is 1. The molecule has 0 aromatic heterocycles. The van der Waals surface area contributed by atoms with E-state index in [1.165, 1.54) is 0 Å². The second kappa shape index (κ2) is 7.57. The summed E-state index contributed by atoms with van der Waals surface area (Å²) < 4.78 is 5.74. The number of carboxylic acid groups (broad SMARTS) is 1. The third-order valence-corrected chi connectivity index (χ3v) is 4.46. The van der Waals surface area contributed by atoms with Crippen molar-refractivity contribution in [2.45, 2.75) is 12.8 Å². The molecule has 0 spiro atoms. The molecule has 3 rings (SSSR count). The predicted molar refractivity (Wildman–Crippen MR) is 94.0 cm³/mol. The smallest absolute Gasteiger partial charge is 0.308 e. The number of carbonyl (C=O) groups excluding carboxylic acids is 1. The highest BCUT2D eigenvalue weighted by Crippen LogP contribution is 2.24. The molecule has 6 heteroatoms. The van der Waals surface area contributed by atoms with Gasteiger partial charge >= 0.3 is 5.97 Å². The fraction of sp³-hybridized carbons (Fsp3) is 0.263. The number of carbonyl (C=O) groups is 2. The van der Waals surface area contributed by atoms with Crippen molar-refractivity contribution in [2.24, 2.45) is 5.92 Å². The highest BCUT2D eigenvalue weighted by molar-refractivity contribution is 6.30. The predicted octanol–water partition coefficient (Wildman–Crippen LogP) is 3.61. The van der Waals surface area contributed by atoms with Crippen LogP contribution in [0.5, 0.6) is 11.5 Å². The molecule has 1 fully saturated rings. The van der Waals surface area contributed by atoms with Crippen LogP contribution in [0.2, 0.25) is 5.02 Å². The van der Waals surface area contributed by atoms with Crippen LogP contribution in [0.15, 0.2) is 48.5 Å². The molecule has 1 N–H and O–H groups in total. The van der Waals surface area contributed by atoms with Crippen molar-refractivity contribution in [1.29, 1.82) is 0 Å². The second-order valence-corrected chi connectivity index (χ2v) is 6.47. The Morgan fingerprint density at radius 2 is 1.72 bits per heavy atom. The van der Waals surface area contributed by atoms with Crippen LogP contribution < -0.4 is 4.74 Å². The first-order chi connectivity index (χ1) is 12.0. The standard InChI is InChI=1S/C19H18ClNO4/c20-15-3-7-17(8-4-15)25-16-5-1-13(2-6-16)9-10-21-12-14(19(23)24)11-18(21)22/h1-8,14H,9-12H2,(H,23,24). The number of halogens is 1. The van der Waals surface area contributed by atoms with E-state index in [-0.39, 0.29) is 12.3 Å². The highest BCUT2D eigenvalue weighted by Gasteiger charge is 2.33. The summed E-state index contributed by atoms with van der Waals surface area (Å²) in [6.45, 7) is 0.825. The zero-order chi connectivity index (χ0) is 17.8. The number of likely N-dealkylation sites (tertiary alicyclic amines) is 1. The molecule has 0 radical (unpaired) electrons. The first-order valence-corrected chi connectivity index (χ1v) is 8.42. The number of hydrogen-bond acceptors (Lipinski definition) is 3.